The second kappa shape index (κ2) is 10.7. The van der Waals surface area contributed by atoms with Gasteiger partial charge in [-0.25, -0.2) is 18.7 Å². The van der Waals surface area contributed by atoms with Gasteiger partial charge in [-0.05, 0) is 52.8 Å². The summed E-state index contributed by atoms with van der Waals surface area (Å²) in [6.07, 6.45) is 8.76. The van der Waals surface area contributed by atoms with Gasteiger partial charge in [0.1, 0.15) is 12.1 Å². The number of hydrogen-bond acceptors (Lipinski definition) is 6. The fourth-order valence-corrected chi connectivity index (χ4v) is 5.42. The van der Waals surface area contributed by atoms with Crippen molar-refractivity contribution >= 4 is 16.7 Å². The number of benzene rings is 1. The van der Waals surface area contributed by atoms with Gasteiger partial charge < -0.3 is 24.4 Å². The summed E-state index contributed by atoms with van der Waals surface area (Å²) >= 11 is 0. The Morgan fingerprint density at radius 2 is 1.87 bits per heavy atom. The predicted octanol–water partition coefficient (Wildman–Crippen LogP) is 5.96. The Balaban J connectivity index is 1.31. The van der Waals surface area contributed by atoms with Crippen molar-refractivity contribution in [1.82, 2.24) is 24.3 Å². The summed E-state index contributed by atoms with van der Waals surface area (Å²) in [7, 11) is 0. The standard InChI is InChI=1S/C29H36F2N6O/c1-6-35-11-13-36(14-12-35)22-9-7-21(8-10-22)34-28-20(5)29(33-17-32-28)38-25-16-24(30)27-23(26(25)31)15-19(4)37(27)18(2)3/h7,9-10,15-18,21H,6,8,11-14H2,1-5H3,(H,32,33,34). The van der Waals surface area contributed by atoms with E-state index in [1.54, 1.807) is 10.6 Å². The first kappa shape index (κ1) is 26.2. The van der Waals surface area contributed by atoms with Crippen molar-refractivity contribution in [2.24, 2.45) is 0 Å². The van der Waals surface area contributed by atoms with Crippen LogP contribution in [0.2, 0.25) is 0 Å². The number of nitrogens with one attached hydrogen (secondary N) is 1. The smallest absolute Gasteiger partial charge is 0.227 e. The third-order valence-corrected chi connectivity index (χ3v) is 7.51. The van der Waals surface area contributed by atoms with Crippen LogP contribution in [-0.2, 0) is 0 Å². The lowest BCUT2D eigenvalue weighted by atomic mass is 10.1. The molecular formula is C29H36F2N6O. The van der Waals surface area contributed by atoms with E-state index in [1.807, 2.05) is 27.7 Å². The molecule has 3 aromatic rings. The predicted molar refractivity (Wildman–Crippen MR) is 147 cm³/mol. The Morgan fingerprint density at radius 1 is 1.11 bits per heavy atom. The van der Waals surface area contributed by atoms with Gasteiger partial charge in [0.05, 0.1) is 11.1 Å². The number of piperazine rings is 1. The minimum Gasteiger partial charge on any atom is -0.435 e. The molecule has 5 rings (SSSR count). The van der Waals surface area contributed by atoms with Crippen molar-refractivity contribution in [3.8, 4) is 11.6 Å². The fourth-order valence-electron chi connectivity index (χ4n) is 5.42. The molecule has 2 aliphatic rings. The molecule has 1 aliphatic heterocycles. The van der Waals surface area contributed by atoms with Crippen molar-refractivity contribution in [2.75, 3.05) is 38.0 Å². The van der Waals surface area contributed by atoms with E-state index in [0.29, 0.717) is 11.4 Å². The molecule has 0 radical (unpaired) electrons. The summed E-state index contributed by atoms with van der Waals surface area (Å²) in [5, 5.41) is 3.63. The minimum atomic E-state index is -0.607. The molecule has 1 unspecified atom stereocenters. The second-order valence-corrected chi connectivity index (χ2v) is 10.3. The number of hydrogen-bond donors (Lipinski definition) is 1. The maximum atomic E-state index is 15.4. The lowest BCUT2D eigenvalue weighted by Crippen LogP contribution is -2.45. The van der Waals surface area contributed by atoms with Crippen molar-refractivity contribution in [2.45, 2.75) is 53.1 Å². The van der Waals surface area contributed by atoms with E-state index in [0.717, 1.165) is 50.9 Å². The normalized spacial score (nSPS) is 18.4. The first-order chi connectivity index (χ1) is 18.3. The van der Waals surface area contributed by atoms with Gasteiger partial charge in [0.15, 0.2) is 17.4 Å². The van der Waals surface area contributed by atoms with Crippen LogP contribution >= 0.6 is 0 Å². The SMILES string of the molecule is CCN1CCN(C2=CCC(Nc3ncnc(Oc4cc(F)c5c(cc(C)n5C(C)C)c4F)c3C)C=C2)CC1. The number of fused-ring (bicyclic) bond motifs is 1. The van der Waals surface area contributed by atoms with Crippen molar-refractivity contribution in [3.05, 3.63) is 65.3 Å². The van der Waals surface area contributed by atoms with Gasteiger partial charge in [-0.1, -0.05) is 19.1 Å². The number of aromatic nitrogens is 3. The van der Waals surface area contributed by atoms with E-state index < -0.39 is 11.6 Å². The molecule has 1 aliphatic carbocycles. The second-order valence-electron chi connectivity index (χ2n) is 10.3. The third kappa shape index (κ3) is 4.99. The first-order valence-corrected chi connectivity index (χ1v) is 13.4. The van der Waals surface area contributed by atoms with Gasteiger partial charge in [0.2, 0.25) is 5.88 Å². The topological polar surface area (TPSA) is 58.4 Å². The monoisotopic (exact) mass is 522 g/mol. The molecule has 1 fully saturated rings. The van der Waals surface area contributed by atoms with Crippen LogP contribution in [0.1, 0.15) is 44.5 Å². The number of ether oxygens (including phenoxy) is 1. The van der Waals surface area contributed by atoms with Gasteiger partial charge in [-0.3, -0.25) is 0 Å². The van der Waals surface area contributed by atoms with Crippen LogP contribution in [0.3, 0.4) is 0 Å². The molecule has 2 aromatic heterocycles. The third-order valence-electron chi connectivity index (χ3n) is 7.51. The molecule has 202 valence electrons. The zero-order valence-corrected chi connectivity index (χ0v) is 22.8. The summed E-state index contributed by atoms with van der Waals surface area (Å²) in [6, 6.07) is 2.81. The molecule has 7 nitrogen and oxygen atoms in total. The molecule has 0 bridgehead atoms. The molecule has 0 spiro atoms. The molecule has 3 heterocycles. The molecule has 1 saturated heterocycles. The van der Waals surface area contributed by atoms with E-state index in [2.05, 4.69) is 50.2 Å². The van der Waals surface area contributed by atoms with E-state index in [-0.39, 0.29) is 34.6 Å². The molecule has 1 atom stereocenters. The number of rotatable bonds is 7. The molecule has 9 heteroatoms. The van der Waals surface area contributed by atoms with Crippen LogP contribution in [0.15, 0.2) is 42.4 Å². The van der Waals surface area contributed by atoms with E-state index in [4.69, 9.17) is 4.74 Å². The molecular weight excluding hydrogens is 486 g/mol. The zero-order valence-electron chi connectivity index (χ0n) is 22.8. The average Bonchev–Trinajstić information content (AvgIpc) is 3.28. The Hall–Kier alpha value is -3.46. The highest BCUT2D eigenvalue weighted by Crippen LogP contribution is 2.36. The first-order valence-electron chi connectivity index (χ1n) is 13.4. The van der Waals surface area contributed by atoms with E-state index in [1.165, 1.54) is 12.0 Å². The minimum absolute atomic E-state index is 0.00283. The number of allylic oxidation sites excluding steroid dienone is 1. The lowest BCUT2D eigenvalue weighted by Gasteiger charge is -2.37. The van der Waals surface area contributed by atoms with Gasteiger partial charge in [0.25, 0.3) is 0 Å². The summed E-state index contributed by atoms with van der Waals surface area (Å²) in [5.74, 6) is -0.554. The van der Waals surface area contributed by atoms with Crippen molar-refractivity contribution in [1.29, 1.82) is 0 Å². The summed E-state index contributed by atoms with van der Waals surface area (Å²) < 4.78 is 38.2. The maximum absolute atomic E-state index is 15.4. The molecule has 0 amide bonds. The van der Waals surface area contributed by atoms with E-state index in [9.17, 15) is 0 Å². The van der Waals surface area contributed by atoms with Gasteiger partial charge in [-0.15, -0.1) is 0 Å². The van der Waals surface area contributed by atoms with E-state index >= 15 is 8.78 Å². The molecule has 1 N–H and O–H groups in total. The number of nitrogens with zero attached hydrogens (tertiary/aromatic N) is 5. The maximum Gasteiger partial charge on any atom is 0.227 e. The molecule has 1 aromatic carbocycles. The molecule has 0 saturated carbocycles. The highest BCUT2D eigenvalue weighted by molar-refractivity contribution is 5.84. The van der Waals surface area contributed by atoms with Crippen LogP contribution in [0.5, 0.6) is 11.6 Å². The van der Waals surface area contributed by atoms with Crippen LogP contribution in [0.4, 0.5) is 14.6 Å². The quantitative estimate of drug-likeness (QED) is 0.413. The van der Waals surface area contributed by atoms with Crippen LogP contribution in [0, 0.1) is 25.5 Å². The van der Waals surface area contributed by atoms with Gasteiger partial charge in [0, 0.05) is 61.1 Å². The Bertz CT molecular complexity index is 1390. The van der Waals surface area contributed by atoms with Crippen LogP contribution in [0.25, 0.3) is 10.9 Å². The average molecular weight is 523 g/mol. The van der Waals surface area contributed by atoms with Crippen LogP contribution in [-0.4, -0.2) is 63.1 Å². The summed E-state index contributed by atoms with van der Waals surface area (Å²) in [4.78, 5) is 13.5. The largest absolute Gasteiger partial charge is 0.435 e. The van der Waals surface area contributed by atoms with Gasteiger partial charge in [-0.2, -0.15) is 0 Å². The number of aryl methyl sites for hydroxylation is 1. The van der Waals surface area contributed by atoms with Crippen molar-refractivity contribution < 1.29 is 13.5 Å². The Morgan fingerprint density at radius 3 is 2.53 bits per heavy atom. The number of likely N-dealkylation sites (N-methyl/N-ethyl adjacent to an activating group) is 1. The molecule has 38 heavy (non-hydrogen) atoms. The Labute approximate surface area is 222 Å². The highest BCUT2D eigenvalue weighted by Gasteiger charge is 2.23. The highest BCUT2D eigenvalue weighted by atomic mass is 19.1. The number of anilines is 1. The Kier molecular flexibility index (Phi) is 7.38. The van der Waals surface area contributed by atoms with Crippen LogP contribution < -0.4 is 10.1 Å². The summed E-state index contributed by atoms with van der Waals surface area (Å²) in [5.41, 5.74) is 2.92. The van der Waals surface area contributed by atoms with Gasteiger partial charge >= 0.3 is 0 Å². The van der Waals surface area contributed by atoms with Crippen molar-refractivity contribution in [3.63, 3.8) is 0 Å². The fraction of sp³-hybridized carbons (Fsp3) is 0.448. The zero-order chi connectivity index (χ0) is 27.0. The number of halogens is 2. The summed E-state index contributed by atoms with van der Waals surface area (Å²) in [6.45, 7) is 15.1. The lowest BCUT2D eigenvalue weighted by molar-refractivity contribution is 0.168.